The van der Waals surface area contributed by atoms with Gasteiger partial charge in [0.25, 0.3) is 0 Å². The number of methoxy groups -OCH3 is 1. The molecule has 0 aliphatic rings. The lowest BCUT2D eigenvalue weighted by molar-refractivity contribution is 0.102. The maximum absolute atomic E-state index is 10.2. The molecule has 0 amide bonds. The van der Waals surface area contributed by atoms with Gasteiger partial charge >= 0.3 is 0 Å². The Morgan fingerprint density at radius 2 is 1.82 bits per heavy atom. The van der Waals surface area contributed by atoms with Crippen molar-refractivity contribution in [1.29, 1.82) is 0 Å². The minimum atomic E-state index is -0.641. The van der Waals surface area contributed by atoms with Gasteiger partial charge in [-0.2, -0.15) is 0 Å². The van der Waals surface area contributed by atoms with Crippen LogP contribution in [-0.4, -0.2) is 51.7 Å². The summed E-state index contributed by atoms with van der Waals surface area (Å²) >= 11 is 0. The molecule has 3 aromatic rings. The number of aliphatic hydroxyl groups is 1. The van der Waals surface area contributed by atoms with Crippen LogP contribution in [0.1, 0.15) is 18.5 Å². The average molecular weight is 406 g/mol. The van der Waals surface area contributed by atoms with Crippen molar-refractivity contribution in [3.63, 3.8) is 0 Å². The Morgan fingerprint density at radius 3 is 2.46 bits per heavy atom. The first-order chi connectivity index (χ1) is 13.2. The van der Waals surface area contributed by atoms with E-state index < -0.39 is 6.10 Å². The third-order valence-corrected chi connectivity index (χ3v) is 4.17. The van der Waals surface area contributed by atoms with E-state index in [0.29, 0.717) is 18.0 Å². The Labute approximate surface area is 169 Å². The van der Waals surface area contributed by atoms with E-state index in [1.165, 1.54) is 0 Å². The number of nitrogens with one attached hydrogen (secondary N) is 1. The lowest BCUT2D eigenvalue weighted by Gasteiger charge is -2.18. The van der Waals surface area contributed by atoms with Crippen molar-refractivity contribution in [1.82, 2.24) is 25.5 Å². The summed E-state index contributed by atoms with van der Waals surface area (Å²) in [5, 5.41) is 24.6. The SMILES string of the molecule is COc1ccccc1OCC(O)CNC(C)c1ccc(-n2cnnn2)cc1.Cl. The van der Waals surface area contributed by atoms with E-state index in [4.69, 9.17) is 9.47 Å². The fraction of sp³-hybridized carbons (Fsp3) is 0.316. The fourth-order valence-corrected chi connectivity index (χ4v) is 2.61. The standard InChI is InChI=1S/C19H23N5O3.ClH/c1-14(15-7-9-16(10-8-15)24-13-21-22-23-24)20-11-17(25)12-27-19-6-4-3-5-18(19)26-2;/h3-10,13-14,17,20,25H,11-12H2,1-2H3;1H. The van der Waals surface area contributed by atoms with Crippen LogP contribution in [0.5, 0.6) is 11.5 Å². The van der Waals surface area contributed by atoms with Gasteiger partial charge in [0, 0.05) is 12.6 Å². The van der Waals surface area contributed by atoms with Crippen molar-refractivity contribution in [2.24, 2.45) is 0 Å². The molecule has 0 radical (unpaired) electrons. The molecule has 28 heavy (non-hydrogen) atoms. The highest BCUT2D eigenvalue weighted by Crippen LogP contribution is 2.25. The minimum absolute atomic E-state index is 0. The maximum Gasteiger partial charge on any atom is 0.161 e. The number of hydrogen-bond acceptors (Lipinski definition) is 7. The number of benzene rings is 2. The van der Waals surface area contributed by atoms with Gasteiger partial charge in [-0.1, -0.05) is 24.3 Å². The van der Waals surface area contributed by atoms with Crippen LogP contribution in [-0.2, 0) is 0 Å². The van der Waals surface area contributed by atoms with E-state index in [2.05, 4.69) is 20.8 Å². The van der Waals surface area contributed by atoms with Crippen molar-refractivity contribution < 1.29 is 14.6 Å². The number of tetrazole rings is 1. The number of aromatic nitrogens is 4. The van der Waals surface area contributed by atoms with E-state index in [0.717, 1.165) is 11.3 Å². The lowest BCUT2D eigenvalue weighted by atomic mass is 10.1. The van der Waals surface area contributed by atoms with Crippen LogP contribution in [0.3, 0.4) is 0 Å². The molecule has 2 atom stereocenters. The topological polar surface area (TPSA) is 94.3 Å². The normalized spacial score (nSPS) is 12.7. The second-order valence-electron chi connectivity index (χ2n) is 6.09. The molecule has 1 heterocycles. The number of para-hydroxylation sites is 2. The molecular weight excluding hydrogens is 382 g/mol. The summed E-state index contributed by atoms with van der Waals surface area (Å²) in [7, 11) is 1.59. The van der Waals surface area contributed by atoms with Gasteiger partial charge in [-0.25, -0.2) is 4.68 Å². The molecule has 9 heteroatoms. The van der Waals surface area contributed by atoms with E-state index >= 15 is 0 Å². The molecule has 0 fully saturated rings. The van der Waals surface area contributed by atoms with Crippen LogP contribution in [0.4, 0.5) is 0 Å². The zero-order valence-corrected chi connectivity index (χ0v) is 16.5. The highest BCUT2D eigenvalue weighted by Gasteiger charge is 2.11. The van der Waals surface area contributed by atoms with Crippen molar-refractivity contribution in [3.05, 3.63) is 60.4 Å². The van der Waals surface area contributed by atoms with Gasteiger partial charge in [0.15, 0.2) is 11.5 Å². The van der Waals surface area contributed by atoms with Crippen molar-refractivity contribution in [3.8, 4) is 17.2 Å². The van der Waals surface area contributed by atoms with Gasteiger partial charge in [-0.05, 0) is 47.2 Å². The highest BCUT2D eigenvalue weighted by atomic mass is 35.5. The Bertz CT molecular complexity index is 830. The number of hydrogen-bond donors (Lipinski definition) is 2. The first kappa shape index (κ1) is 21.6. The third-order valence-electron chi connectivity index (χ3n) is 4.17. The molecule has 2 N–H and O–H groups in total. The van der Waals surface area contributed by atoms with Gasteiger partial charge in [0.1, 0.15) is 19.0 Å². The number of ether oxygens (including phenoxy) is 2. The molecule has 0 aliphatic carbocycles. The predicted octanol–water partition coefficient (Wildman–Crippen LogP) is 2.18. The molecule has 2 unspecified atom stereocenters. The van der Waals surface area contributed by atoms with E-state index in [9.17, 15) is 5.11 Å². The van der Waals surface area contributed by atoms with E-state index in [1.807, 2.05) is 55.5 Å². The second kappa shape index (κ2) is 10.6. The summed E-state index contributed by atoms with van der Waals surface area (Å²) in [6, 6.07) is 15.4. The Morgan fingerprint density at radius 1 is 1.11 bits per heavy atom. The molecule has 1 aromatic heterocycles. The van der Waals surface area contributed by atoms with Crippen molar-refractivity contribution in [2.45, 2.75) is 19.1 Å². The number of halogens is 1. The molecule has 0 saturated heterocycles. The van der Waals surface area contributed by atoms with Gasteiger partial charge < -0.3 is 19.9 Å². The molecule has 0 bridgehead atoms. The quantitative estimate of drug-likeness (QED) is 0.563. The highest BCUT2D eigenvalue weighted by molar-refractivity contribution is 5.85. The van der Waals surface area contributed by atoms with Crippen LogP contribution in [0.25, 0.3) is 5.69 Å². The minimum Gasteiger partial charge on any atom is -0.493 e. The van der Waals surface area contributed by atoms with Gasteiger partial charge in [-0.15, -0.1) is 17.5 Å². The van der Waals surface area contributed by atoms with Crippen LogP contribution in [0.2, 0.25) is 0 Å². The molecular formula is C19H24ClN5O3. The second-order valence-corrected chi connectivity index (χ2v) is 6.09. The maximum atomic E-state index is 10.2. The first-order valence-electron chi connectivity index (χ1n) is 8.68. The number of nitrogens with zero attached hydrogens (tertiary/aromatic N) is 4. The first-order valence-corrected chi connectivity index (χ1v) is 8.68. The van der Waals surface area contributed by atoms with Gasteiger partial charge in [0.2, 0.25) is 0 Å². The largest absolute Gasteiger partial charge is 0.493 e. The zero-order valence-electron chi connectivity index (χ0n) is 15.7. The predicted molar refractivity (Wildman–Crippen MR) is 107 cm³/mol. The van der Waals surface area contributed by atoms with E-state index in [-0.39, 0.29) is 25.1 Å². The van der Waals surface area contributed by atoms with Crippen LogP contribution >= 0.6 is 12.4 Å². The molecule has 0 aliphatic heterocycles. The van der Waals surface area contributed by atoms with Crippen molar-refractivity contribution >= 4 is 12.4 Å². The molecule has 2 aromatic carbocycles. The Hall–Kier alpha value is -2.68. The molecule has 0 spiro atoms. The lowest BCUT2D eigenvalue weighted by Crippen LogP contribution is -2.33. The number of aliphatic hydroxyl groups excluding tert-OH is 1. The monoisotopic (exact) mass is 405 g/mol. The summed E-state index contributed by atoms with van der Waals surface area (Å²) in [4.78, 5) is 0. The zero-order chi connectivity index (χ0) is 19.1. The molecule has 3 rings (SSSR count). The summed E-state index contributed by atoms with van der Waals surface area (Å²) < 4.78 is 12.5. The summed E-state index contributed by atoms with van der Waals surface area (Å²) in [6.07, 6.45) is 0.909. The molecule has 150 valence electrons. The average Bonchev–Trinajstić information content (AvgIpc) is 3.25. The Kier molecular flexibility index (Phi) is 8.19. The number of rotatable bonds is 9. The van der Waals surface area contributed by atoms with Gasteiger partial charge in [0.05, 0.1) is 12.8 Å². The smallest absolute Gasteiger partial charge is 0.161 e. The Balaban J connectivity index is 0.00000280. The summed E-state index contributed by atoms with van der Waals surface area (Å²) in [5.74, 6) is 1.26. The van der Waals surface area contributed by atoms with Crippen LogP contribution in [0.15, 0.2) is 54.9 Å². The molecule has 0 saturated carbocycles. The van der Waals surface area contributed by atoms with E-state index in [1.54, 1.807) is 18.1 Å². The van der Waals surface area contributed by atoms with Gasteiger partial charge in [-0.3, -0.25) is 0 Å². The third kappa shape index (κ3) is 5.66. The fourth-order valence-electron chi connectivity index (χ4n) is 2.61. The van der Waals surface area contributed by atoms with Crippen LogP contribution < -0.4 is 14.8 Å². The molecule has 8 nitrogen and oxygen atoms in total. The summed E-state index contributed by atoms with van der Waals surface area (Å²) in [5.41, 5.74) is 1.99. The van der Waals surface area contributed by atoms with Crippen molar-refractivity contribution in [2.75, 3.05) is 20.3 Å². The van der Waals surface area contributed by atoms with Crippen LogP contribution in [0, 0.1) is 0 Å². The summed E-state index contributed by atoms with van der Waals surface area (Å²) in [6.45, 7) is 2.63.